The summed E-state index contributed by atoms with van der Waals surface area (Å²) in [4.78, 5) is 14.3. The lowest BCUT2D eigenvalue weighted by atomic mass is 10.0. The molecule has 0 saturated carbocycles. The van der Waals surface area contributed by atoms with Crippen LogP contribution in [-0.2, 0) is 11.3 Å². The normalized spacial score (nSPS) is 10.8. The molecule has 1 aromatic carbocycles. The first kappa shape index (κ1) is 15.4. The second-order valence-corrected chi connectivity index (χ2v) is 3.76. The van der Waals surface area contributed by atoms with Gasteiger partial charge in [-0.15, -0.1) is 4.99 Å². The molecule has 1 amide bonds. The Hall–Kier alpha value is -2.70. The lowest BCUT2D eigenvalue weighted by molar-refractivity contribution is 0.149. The number of nitrogens with one attached hydrogen (secondary N) is 1. The number of amides is 1. The van der Waals surface area contributed by atoms with Gasteiger partial charge in [0.05, 0.1) is 0 Å². The van der Waals surface area contributed by atoms with Crippen LogP contribution in [0.2, 0.25) is 0 Å². The Balaban J connectivity index is 2.93. The van der Waals surface area contributed by atoms with Gasteiger partial charge in [0, 0.05) is 17.3 Å². The number of carbonyl (C=O) groups is 1. The van der Waals surface area contributed by atoms with Crippen molar-refractivity contribution in [1.82, 2.24) is 0 Å². The van der Waals surface area contributed by atoms with Crippen molar-refractivity contribution in [3.05, 3.63) is 41.2 Å². The highest BCUT2D eigenvalue weighted by molar-refractivity contribution is 6.08. The molecular weight excluding hydrogens is 263 g/mol. The Morgan fingerprint density at radius 1 is 1.50 bits per heavy atom. The summed E-state index contributed by atoms with van der Waals surface area (Å²) in [6, 6.07) is 4.62. The minimum atomic E-state index is -0.992. The number of allylic oxidation sites excluding steroid dienone is 2. The summed E-state index contributed by atoms with van der Waals surface area (Å²) in [7, 11) is 0. The van der Waals surface area contributed by atoms with Gasteiger partial charge in [-0.1, -0.05) is 24.3 Å². The number of nitrogens with two attached hydrogens (primary N) is 2. The Morgan fingerprint density at radius 2 is 2.20 bits per heavy atom. The summed E-state index contributed by atoms with van der Waals surface area (Å²) in [5.41, 5.74) is 10.9. The quantitative estimate of drug-likeness (QED) is 0.575. The van der Waals surface area contributed by atoms with Crippen molar-refractivity contribution in [2.45, 2.75) is 13.5 Å². The summed E-state index contributed by atoms with van der Waals surface area (Å²) in [5.74, 6) is -0.981. The van der Waals surface area contributed by atoms with E-state index in [1.54, 1.807) is 19.1 Å². The molecule has 0 heterocycles. The predicted molar refractivity (Wildman–Crippen MR) is 74.8 cm³/mol. The Bertz CT molecular complexity index is 578. The molecule has 0 spiro atoms. The molecule has 0 aliphatic rings. The van der Waals surface area contributed by atoms with Crippen molar-refractivity contribution in [1.29, 1.82) is 5.41 Å². The van der Waals surface area contributed by atoms with Crippen LogP contribution in [0.3, 0.4) is 0 Å². The summed E-state index contributed by atoms with van der Waals surface area (Å²) in [6.07, 6.45) is 1.67. The van der Waals surface area contributed by atoms with E-state index in [-0.39, 0.29) is 17.7 Å². The molecule has 1 aromatic rings. The van der Waals surface area contributed by atoms with Gasteiger partial charge in [-0.3, -0.25) is 0 Å². The van der Waals surface area contributed by atoms with Gasteiger partial charge >= 0.3 is 6.09 Å². The third kappa shape index (κ3) is 3.91. The van der Waals surface area contributed by atoms with Gasteiger partial charge in [-0.25, -0.2) is 9.18 Å². The van der Waals surface area contributed by atoms with E-state index in [0.29, 0.717) is 5.57 Å². The fourth-order valence-electron chi connectivity index (χ4n) is 1.51. The lowest BCUT2D eigenvalue weighted by Crippen LogP contribution is -2.24. The Morgan fingerprint density at radius 3 is 2.75 bits per heavy atom. The summed E-state index contributed by atoms with van der Waals surface area (Å²) in [5, 5.41) is 7.22. The molecule has 0 atom stereocenters. The highest BCUT2D eigenvalue weighted by Crippen LogP contribution is 2.20. The second kappa shape index (κ2) is 7.03. The molecule has 0 saturated heterocycles. The topological polar surface area (TPSA) is 115 Å². The minimum absolute atomic E-state index is 0.169. The Kier molecular flexibility index (Phi) is 5.40. The van der Waals surface area contributed by atoms with Crippen LogP contribution >= 0.6 is 0 Å². The molecule has 7 heteroatoms. The molecule has 0 bridgehead atoms. The molecule has 0 aliphatic carbocycles. The molecule has 106 valence electrons. The average molecular weight is 278 g/mol. The van der Waals surface area contributed by atoms with Crippen LogP contribution in [0.25, 0.3) is 5.57 Å². The van der Waals surface area contributed by atoms with Crippen molar-refractivity contribution in [2.24, 2.45) is 16.5 Å². The van der Waals surface area contributed by atoms with Crippen LogP contribution in [0.15, 0.2) is 29.3 Å². The largest absolute Gasteiger partial charge is 0.443 e. The average Bonchev–Trinajstić information content (AvgIpc) is 2.39. The first-order valence-corrected chi connectivity index (χ1v) is 5.70. The van der Waals surface area contributed by atoms with E-state index in [2.05, 4.69) is 4.99 Å². The van der Waals surface area contributed by atoms with Gasteiger partial charge in [-0.2, -0.15) is 0 Å². The second-order valence-electron chi connectivity index (χ2n) is 3.76. The van der Waals surface area contributed by atoms with Crippen molar-refractivity contribution < 1.29 is 13.9 Å². The van der Waals surface area contributed by atoms with Gasteiger partial charge in [-0.05, 0) is 12.5 Å². The molecular formula is C13H15FN4O2. The van der Waals surface area contributed by atoms with Crippen molar-refractivity contribution in [3.63, 3.8) is 0 Å². The van der Waals surface area contributed by atoms with Crippen LogP contribution in [0.1, 0.15) is 18.1 Å². The third-order valence-electron chi connectivity index (χ3n) is 2.43. The van der Waals surface area contributed by atoms with E-state index in [9.17, 15) is 9.18 Å². The SMILES string of the molecule is C/C=C(\C=N)c1cccc(COC(=O)N=C(N)N)c1F. The molecule has 0 radical (unpaired) electrons. The Labute approximate surface area is 115 Å². The smallest absolute Gasteiger partial charge is 0.437 e. The van der Waals surface area contributed by atoms with E-state index < -0.39 is 17.9 Å². The molecule has 0 unspecified atom stereocenters. The van der Waals surface area contributed by atoms with E-state index in [1.165, 1.54) is 12.1 Å². The highest BCUT2D eigenvalue weighted by Gasteiger charge is 2.12. The fraction of sp³-hybridized carbons (Fsp3) is 0.154. The standard InChI is InChI=1S/C13H15FN4O2/c1-2-8(6-15)10-5-3-4-9(11(10)14)7-20-13(19)18-12(16)17/h2-6,15H,7H2,1H3,(H4,16,17,18,19)/b8-2+,15-6?. The van der Waals surface area contributed by atoms with Gasteiger partial charge < -0.3 is 21.6 Å². The first-order valence-electron chi connectivity index (χ1n) is 5.70. The van der Waals surface area contributed by atoms with Crippen LogP contribution in [0, 0.1) is 11.2 Å². The molecule has 20 heavy (non-hydrogen) atoms. The zero-order chi connectivity index (χ0) is 15.1. The number of hydrogen-bond donors (Lipinski definition) is 3. The number of halogens is 1. The number of rotatable bonds is 4. The van der Waals surface area contributed by atoms with E-state index in [1.807, 2.05) is 0 Å². The third-order valence-corrected chi connectivity index (χ3v) is 2.43. The van der Waals surface area contributed by atoms with Crippen LogP contribution in [0.4, 0.5) is 9.18 Å². The molecule has 1 rings (SSSR count). The summed E-state index contributed by atoms with van der Waals surface area (Å²) >= 11 is 0. The van der Waals surface area contributed by atoms with Crippen LogP contribution in [-0.4, -0.2) is 18.3 Å². The van der Waals surface area contributed by atoms with Gasteiger partial charge in [0.1, 0.15) is 12.4 Å². The van der Waals surface area contributed by atoms with Gasteiger partial charge in [0.15, 0.2) is 5.96 Å². The van der Waals surface area contributed by atoms with Crippen LogP contribution < -0.4 is 11.5 Å². The van der Waals surface area contributed by atoms with Crippen molar-refractivity contribution in [2.75, 3.05) is 0 Å². The molecule has 0 aromatic heterocycles. The zero-order valence-corrected chi connectivity index (χ0v) is 10.9. The highest BCUT2D eigenvalue weighted by atomic mass is 19.1. The number of hydrogen-bond acceptors (Lipinski definition) is 3. The van der Waals surface area contributed by atoms with E-state index >= 15 is 0 Å². The van der Waals surface area contributed by atoms with E-state index in [4.69, 9.17) is 21.6 Å². The number of aliphatic imine (C=N–C) groups is 1. The van der Waals surface area contributed by atoms with Gasteiger partial charge in [0.2, 0.25) is 0 Å². The van der Waals surface area contributed by atoms with E-state index in [0.717, 1.165) is 6.21 Å². The maximum absolute atomic E-state index is 14.2. The minimum Gasteiger partial charge on any atom is -0.443 e. The molecule has 0 fully saturated rings. The van der Waals surface area contributed by atoms with Crippen LogP contribution in [0.5, 0.6) is 0 Å². The number of nitrogens with zero attached hydrogens (tertiary/aromatic N) is 1. The number of benzene rings is 1. The number of carbonyl (C=O) groups excluding carboxylic acids is 1. The molecule has 5 N–H and O–H groups in total. The molecule has 6 nitrogen and oxygen atoms in total. The number of guanidine groups is 1. The number of ether oxygens (including phenoxy) is 1. The van der Waals surface area contributed by atoms with Crippen molar-refractivity contribution >= 4 is 23.8 Å². The van der Waals surface area contributed by atoms with Gasteiger partial charge in [0.25, 0.3) is 0 Å². The zero-order valence-electron chi connectivity index (χ0n) is 10.9. The van der Waals surface area contributed by atoms with Crippen molar-refractivity contribution in [3.8, 4) is 0 Å². The fourth-order valence-corrected chi connectivity index (χ4v) is 1.51. The summed E-state index contributed by atoms with van der Waals surface area (Å²) < 4.78 is 18.9. The predicted octanol–water partition coefficient (Wildman–Crippen LogP) is 1.79. The maximum Gasteiger partial charge on any atom is 0.437 e. The first-order chi connectivity index (χ1) is 9.49. The maximum atomic E-state index is 14.2. The molecule has 0 aliphatic heterocycles. The summed E-state index contributed by atoms with van der Waals surface area (Å²) in [6.45, 7) is 1.40. The monoisotopic (exact) mass is 278 g/mol. The lowest BCUT2D eigenvalue weighted by Gasteiger charge is -2.08.